The molecular formula is C20H34O. The molecule has 0 amide bonds. The molecule has 1 heteroatoms. The van der Waals surface area contributed by atoms with Crippen LogP contribution in [0.2, 0.25) is 0 Å². The maximum Gasteiger partial charge on any atom is 0.0487 e. The Morgan fingerprint density at radius 3 is 2.38 bits per heavy atom. The van der Waals surface area contributed by atoms with Crippen molar-refractivity contribution in [2.75, 3.05) is 6.61 Å². The molecule has 4 rings (SSSR count). The van der Waals surface area contributed by atoms with Gasteiger partial charge in [0.1, 0.15) is 0 Å². The molecule has 0 heterocycles. The summed E-state index contributed by atoms with van der Waals surface area (Å²) in [5.41, 5.74) is 2.08. The van der Waals surface area contributed by atoms with Gasteiger partial charge in [-0.1, -0.05) is 27.2 Å². The van der Waals surface area contributed by atoms with Crippen LogP contribution in [0.1, 0.15) is 85.0 Å². The van der Waals surface area contributed by atoms with Gasteiger partial charge in [0.2, 0.25) is 0 Å². The Hall–Kier alpha value is -0.0400. The fourth-order valence-corrected chi connectivity index (χ4v) is 8.04. The van der Waals surface area contributed by atoms with Crippen molar-refractivity contribution in [2.24, 2.45) is 33.5 Å². The van der Waals surface area contributed by atoms with Crippen LogP contribution >= 0.6 is 0 Å². The highest BCUT2D eigenvalue weighted by Gasteiger charge is 2.64. The lowest BCUT2D eigenvalue weighted by Crippen LogP contribution is -2.57. The molecule has 4 aliphatic rings. The van der Waals surface area contributed by atoms with Crippen molar-refractivity contribution in [3.63, 3.8) is 0 Å². The molecule has 6 atom stereocenters. The lowest BCUT2D eigenvalue weighted by molar-refractivity contribution is -0.163. The minimum atomic E-state index is 0.202. The highest BCUT2D eigenvalue weighted by molar-refractivity contribution is 5.14. The minimum absolute atomic E-state index is 0.202. The van der Waals surface area contributed by atoms with Crippen LogP contribution < -0.4 is 0 Å². The van der Waals surface area contributed by atoms with E-state index in [0.29, 0.717) is 22.9 Å². The molecule has 0 aliphatic heterocycles. The Kier molecular flexibility index (Phi) is 2.96. The molecule has 0 aromatic carbocycles. The second kappa shape index (κ2) is 4.28. The van der Waals surface area contributed by atoms with Crippen molar-refractivity contribution in [3.05, 3.63) is 0 Å². The number of aliphatic hydroxyl groups excluding tert-OH is 1. The molecule has 0 aromatic rings. The maximum atomic E-state index is 10.1. The van der Waals surface area contributed by atoms with Crippen molar-refractivity contribution in [1.29, 1.82) is 0 Å². The van der Waals surface area contributed by atoms with E-state index in [1.165, 1.54) is 64.2 Å². The maximum absolute atomic E-state index is 10.1. The normalized spacial score (nSPS) is 59.4. The summed E-state index contributed by atoms with van der Waals surface area (Å²) in [6.07, 6.45) is 14.3. The number of fused-ring (bicyclic) bond motifs is 3. The van der Waals surface area contributed by atoms with Gasteiger partial charge in [-0.3, -0.25) is 0 Å². The lowest BCUT2D eigenvalue weighted by Gasteiger charge is -2.64. The van der Waals surface area contributed by atoms with Crippen molar-refractivity contribution in [2.45, 2.75) is 85.0 Å². The molecule has 1 unspecified atom stereocenters. The molecule has 21 heavy (non-hydrogen) atoms. The van der Waals surface area contributed by atoms with Gasteiger partial charge in [0, 0.05) is 6.61 Å². The van der Waals surface area contributed by atoms with E-state index in [1.54, 1.807) is 0 Å². The summed E-state index contributed by atoms with van der Waals surface area (Å²) >= 11 is 0. The SMILES string of the molecule is CC12CCC[C@@](C)(CO)[C@H]1CC[C@@]13CC[C@@](C)(CC[C@@H]21)C3. The van der Waals surface area contributed by atoms with Crippen molar-refractivity contribution in [1.82, 2.24) is 0 Å². The smallest absolute Gasteiger partial charge is 0.0487 e. The monoisotopic (exact) mass is 290 g/mol. The summed E-state index contributed by atoms with van der Waals surface area (Å²) in [6, 6.07) is 0. The molecule has 1 spiro atoms. The van der Waals surface area contributed by atoms with Crippen LogP contribution in [0, 0.1) is 33.5 Å². The van der Waals surface area contributed by atoms with Gasteiger partial charge in [0.15, 0.2) is 0 Å². The first-order chi connectivity index (χ1) is 9.86. The number of aliphatic hydroxyl groups is 1. The van der Waals surface area contributed by atoms with Crippen LogP contribution in [0.25, 0.3) is 0 Å². The van der Waals surface area contributed by atoms with E-state index in [-0.39, 0.29) is 5.41 Å². The first kappa shape index (κ1) is 14.5. The topological polar surface area (TPSA) is 20.2 Å². The number of hydrogen-bond acceptors (Lipinski definition) is 1. The molecule has 4 aliphatic carbocycles. The Bertz CT molecular complexity index is 445. The highest BCUT2D eigenvalue weighted by atomic mass is 16.3. The van der Waals surface area contributed by atoms with Gasteiger partial charge in [-0.25, -0.2) is 0 Å². The third-order valence-corrected chi connectivity index (χ3v) is 8.97. The van der Waals surface area contributed by atoms with Gasteiger partial charge >= 0.3 is 0 Å². The fraction of sp³-hybridized carbons (Fsp3) is 1.00. The standard InChI is InChI=1S/C20H34O/c1-17-9-5-16-19(3)8-4-7-18(2,14-21)15(19)6-10-20(16,13-17)12-11-17/h15-16,21H,4-14H2,1-3H3/t15-,16+,17-,18+,19?,20+/m1/s1. The van der Waals surface area contributed by atoms with Crippen molar-refractivity contribution >= 4 is 0 Å². The van der Waals surface area contributed by atoms with Gasteiger partial charge in [0.05, 0.1) is 0 Å². The number of rotatable bonds is 1. The van der Waals surface area contributed by atoms with E-state index in [1.807, 2.05) is 0 Å². The Morgan fingerprint density at radius 2 is 1.62 bits per heavy atom. The van der Waals surface area contributed by atoms with E-state index in [9.17, 15) is 5.11 Å². The van der Waals surface area contributed by atoms with Crippen LogP contribution in [-0.2, 0) is 0 Å². The second-order valence-electron chi connectivity index (χ2n) is 10.2. The largest absolute Gasteiger partial charge is 0.396 e. The van der Waals surface area contributed by atoms with Crippen molar-refractivity contribution < 1.29 is 5.11 Å². The van der Waals surface area contributed by atoms with E-state index < -0.39 is 0 Å². The summed E-state index contributed by atoms with van der Waals surface area (Å²) in [5.74, 6) is 1.72. The summed E-state index contributed by atoms with van der Waals surface area (Å²) in [6.45, 7) is 7.97. The molecule has 1 N–H and O–H groups in total. The summed E-state index contributed by atoms with van der Waals surface area (Å²) in [7, 11) is 0. The first-order valence-electron chi connectivity index (χ1n) is 9.47. The van der Waals surface area contributed by atoms with Gasteiger partial charge in [-0.15, -0.1) is 0 Å². The Morgan fingerprint density at radius 1 is 0.857 bits per heavy atom. The molecule has 0 radical (unpaired) electrons. The predicted molar refractivity (Wildman–Crippen MR) is 87.0 cm³/mol. The fourth-order valence-electron chi connectivity index (χ4n) is 8.04. The van der Waals surface area contributed by atoms with E-state index >= 15 is 0 Å². The quantitative estimate of drug-likeness (QED) is 0.706. The van der Waals surface area contributed by atoms with E-state index in [0.717, 1.165) is 11.8 Å². The molecule has 1 nitrogen and oxygen atoms in total. The molecule has 120 valence electrons. The third kappa shape index (κ3) is 1.79. The zero-order chi connectivity index (χ0) is 14.9. The van der Waals surface area contributed by atoms with Crippen LogP contribution in [0.4, 0.5) is 0 Å². The molecular weight excluding hydrogens is 256 g/mol. The summed E-state index contributed by atoms with van der Waals surface area (Å²) in [4.78, 5) is 0. The van der Waals surface area contributed by atoms with E-state index in [4.69, 9.17) is 0 Å². The minimum Gasteiger partial charge on any atom is -0.396 e. The van der Waals surface area contributed by atoms with E-state index in [2.05, 4.69) is 20.8 Å². The van der Waals surface area contributed by atoms with Crippen LogP contribution in [-0.4, -0.2) is 11.7 Å². The van der Waals surface area contributed by atoms with Crippen molar-refractivity contribution in [3.8, 4) is 0 Å². The summed E-state index contributed by atoms with van der Waals surface area (Å²) < 4.78 is 0. The number of hydrogen-bond donors (Lipinski definition) is 1. The third-order valence-electron chi connectivity index (χ3n) is 8.97. The molecule has 0 aromatic heterocycles. The average Bonchev–Trinajstić information content (AvgIpc) is 2.69. The zero-order valence-electron chi connectivity index (χ0n) is 14.4. The van der Waals surface area contributed by atoms with Gasteiger partial charge < -0.3 is 5.11 Å². The zero-order valence-corrected chi connectivity index (χ0v) is 14.4. The van der Waals surface area contributed by atoms with Gasteiger partial charge in [0.25, 0.3) is 0 Å². The molecule has 4 saturated carbocycles. The van der Waals surface area contributed by atoms with Gasteiger partial charge in [-0.2, -0.15) is 0 Å². The average molecular weight is 290 g/mol. The molecule has 4 fully saturated rings. The lowest BCUT2D eigenvalue weighted by atomic mass is 9.40. The Balaban J connectivity index is 1.72. The predicted octanol–water partition coefficient (Wildman–Crippen LogP) is 5.17. The van der Waals surface area contributed by atoms with Gasteiger partial charge in [-0.05, 0) is 91.3 Å². The van der Waals surface area contributed by atoms with Crippen LogP contribution in [0.15, 0.2) is 0 Å². The first-order valence-corrected chi connectivity index (χ1v) is 9.47. The molecule has 2 bridgehead atoms. The highest BCUT2D eigenvalue weighted by Crippen LogP contribution is 2.73. The molecule has 0 saturated heterocycles. The van der Waals surface area contributed by atoms with Crippen LogP contribution in [0.5, 0.6) is 0 Å². The van der Waals surface area contributed by atoms with Crippen LogP contribution in [0.3, 0.4) is 0 Å². The summed E-state index contributed by atoms with van der Waals surface area (Å²) in [5, 5.41) is 10.1. The Labute approximate surface area is 130 Å². The second-order valence-corrected chi connectivity index (χ2v) is 10.2.